The molecule has 0 aliphatic heterocycles. The van der Waals surface area contributed by atoms with Crippen LogP contribution >= 0.6 is 15.9 Å². The van der Waals surface area contributed by atoms with Gasteiger partial charge in [0, 0.05) is 5.57 Å². The van der Waals surface area contributed by atoms with E-state index in [2.05, 4.69) is 27.8 Å². The molecule has 0 spiro atoms. The van der Waals surface area contributed by atoms with Gasteiger partial charge in [-0.1, -0.05) is 34.6 Å². The predicted octanol–water partition coefficient (Wildman–Crippen LogP) is 3.28. The van der Waals surface area contributed by atoms with Gasteiger partial charge in [0.2, 0.25) is 0 Å². The van der Waals surface area contributed by atoms with Crippen LogP contribution in [0.2, 0.25) is 0 Å². The molecule has 0 atom stereocenters. The Morgan fingerprint density at radius 2 is 1.89 bits per heavy atom. The third-order valence-corrected chi connectivity index (χ3v) is 2.53. The van der Waals surface area contributed by atoms with E-state index in [9.17, 15) is 9.59 Å². The van der Waals surface area contributed by atoms with Crippen LogP contribution in [0, 0.1) is 0 Å². The van der Waals surface area contributed by atoms with Crippen molar-refractivity contribution in [1.29, 1.82) is 0 Å². The molecule has 1 aromatic carbocycles. The van der Waals surface area contributed by atoms with E-state index in [4.69, 9.17) is 4.74 Å². The number of amides is 1. The summed E-state index contributed by atoms with van der Waals surface area (Å²) in [5.41, 5.74) is 0.808. The van der Waals surface area contributed by atoms with Crippen molar-refractivity contribution in [3.8, 4) is 5.75 Å². The quantitative estimate of drug-likeness (QED) is 0.400. The molecule has 1 aromatic rings. The molecule has 0 unspecified atom stereocenters. The Hall–Kier alpha value is -1.62. The molecule has 102 valence electrons. The highest BCUT2D eigenvalue weighted by molar-refractivity contribution is 9.10. The summed E-state index contributed by atoms with van der Waals surface area (Å²) >= 11 is 3.22. The van der Waals surface area contributed by atoms with Crippen molar-refractivity contribution in [3.05, 3.63) is 36.4 Å². The minimum atomic E-state index is -0.793. The van der Waals surface area contributed by atoms with Crippen molar-refractivity contribution in [1.82, 2.24) is 0 Å². The average molecular weight is 326 g/mol. The maximum absolute atomic E-state index is 11.8. The van der Waals surface area contributed by atoms with Gasteiger partial charge in [-0.3, -0.25) is 9.59 Å². The number of ether oxygens (including phenoxy) is 1. The molecule has 0 aliphatic carbocycles. The number of alkyl halides is 1. The number of esters is 1. The summed E-state index contributed by atoms with van der Waals surface area (Å²) in [6.45, 7) is 8.53. The molecule has 5 heteroatoms. The Labute approximate surface area is 121 Å². The summed E-state index contributed by atoms with van der Waals surface area (Å²) in [7, 11) is 0. The van der Waals surface area contributed by atoms with E-state index in [1.165, 1.54) is 0 Å². The van der Waals surface area contributed by atoms with Crippen LogP contribution in [0.4, 0.5) is 5.69 Å². The number of carbonyl (C=O) groups excluding carboxylic acids is 2. The highest BCUT2D eigenvalue weighted by atomic mass is 79.9. The van der Waals surface area contributed by atoms with Crippen LogP contribution in [-0.2, 0) is 9.59 Å². The van der Waals surface area contributed by atoms with Gasteiger partial charge in [0.25, 0.3) is 5.91 Å². The van der Waals surface area contributed by atoms with Gasteiger partial charge in [-0.05, 0) is 32.9 Å². The SMILES string of the molecule is C=C(C)C(=O)Nc1ccccc1OC(=O)C(C)(C)Br. The minimum absolute atomic E-state index is 0.301. The monoisotopic (exact) mass is 325 g/mol. The molecule has 0 radical (unpaired) electrons. The van der Waals surface area contributed by atoms with Gasteiger partial charge in [0.15, 0.2) is 5.75 Å². The topological polar surface area (TPSA) is 55.4 Å². The molecule has 0 heterocycles. The summed E-state index contributed by atoms with van der Waals surface area (Å²) < 4.78 is 4.47. The first-order chi connectivity index (χ1) is 8.71. The van der Waals surface area contributed by atoms with Crippen LogP contribution in [-0.4, -0.2) is 16.2 Å². The van der Waals surface area contributed by atoms with Gasteiger partial charge >= 0.3 is 5.97 Å². The Bertz CT molecular complexity index is 518. The van der Waals surface area contributed by atoms with Gasteiger partial charge in [0.05, 0.1) is 5.69 Å². The summed E-state index contributed by atoms with van der Waals surface area (Å²) in [5.74, 6) is -0.458. The number of nitrogens with one attached hydrogen (secondary N) is 1. The van der Waals surface area contributed by atoms with E-state index in [0.29, 0.717) is 17.0 Å². The van der Waals surface area contributed by atoms with Gasteiger partial charge in [-0.25, -0.2) is 0 Å². The van der Waals surface area contributed by atoms with Crippen LogP contribution < -0.4 is 10.1 Å². The van der Waals surface area contributed by atoms with Crippen molar-refractivity contribution in [3.63, 3.8) is 0 Å². The second-order valence-corrected chi connectivity index (χ2v) is 6.58. The lowest BCUT2D eigenvalue weighted by Crippen LogP contribution is -2.29. The predicted molar refractivity (Wildman–Crippen MR) is 78.5 cm³/mol. The number of benzene rings is 1. The lowest BCUT2D eigenvalue weighted by Gasteiger charge is -2.16. The van der Waals surface area contributed by atoms with E-state index in [1.807, 2.05) is 0 Å². The molecule has 0 bridgehead atoms. The lowest BCUT2D eigenvalue weighted by atomic mass is 10.2. The van der Waals surface area contributed by atoms with Crippen molar-refractivity contribution < 1.29 is 14.3 Å². The molecule has 0 saturated heterocycles. The van der Waals surface area contributed by atoms with Gasteiger partial charge in [-0.15, -0.1) is 0 Å². The standard InChI is InChI=1S/C14H16BrNO3/c1-9(2)12(17)16-10-7-5-6-8-11(10)19-13(18)14(3,4)15/h5-8H,1H2,2-4H3,(H,16,17). The Morgan fingerprint density at radius 3 is 2.42 bits per heavy atom. The molecule has 0 fully saturated rings. The smallest absolute Gasteiger partial charge is 0.327 e. The number of hydrogen-bond donors (Lipinski definition) is 1. The minimum Gasteiger partial charge on any atom is -0.423 e. The first kappa shape index (κ1) is 15.4. The number of anilines is 1. The van der Waals surface area contributed by atoms with Gasteiger partial charge < -0.3 is 10.1 Å². The number of carbonyl (C=O) groups is 2. The van der Waals surface area contributed by atoms with Crippen molar-refractivity contribution in [2.45, 2.75) is 25.1 Å². The number of rotatable bonds is 4. The molecule has 4 nitrogen and oxygen atoms in total. The van der Waals surface area contributed by atoms with Crippen LogP contribution in [0.3, 0.4) is 0 Å². The van der Waals surface area contributed by atoms with Crippen molar-refractivity contribution in [2.75, 3.05) is 5.32 Å². The fourth-order valence-electron chi connectivity index (χ4n) is 1.11. The molecule has 0 aliphatic rings. The van der Waals surface area contributed by atoms with Crippen LogP contribution in [0.25, 0.3) is 0 Å². The van der Waals surface area contributed by atoms with Crippen molar-refractivity contribution in [2.24, 2.45) is 0 Å². The van der Waals surface area contributed by atoms with Gasteiger partial charge in [0.1, 0.15) is 4.32 Å². The maximum atomic E-state index is 11.8. The molecular formula is C14H16BrNO3. The average Bonchev–Trinajstić information content (AvgIpc) is 2.30. The zero-order valence-corrected chi connectivity index (χ0v) is 12.7. The largest absolute Gasteiger partial charge is 0.423 e. The normalized spacial score (nSPS) is 10.7. The van der Waals surface area contributed by atoms with E-state index in [0.717, 1.165) is 0 Å². The Balaban J connectivity index is 2.94. The molecule has 1 amide bonds. The molecule has 1 rings (SSSR count). The first-order valence-electron chi connectivity index (χ1n) is 5.69. The molecular weight excluding hydrogens is 310 g/mol. The number of para-hydroxylation sites is 2. The molecule has 0 aromatic heterocycles. The Morgan fingerprint density at radius 1 is 1.32 bits per heavy atom. The lowest BCUT2D eigenvalue weighted by molar-refractivity contribution is -0.136. The van der Waals surface area contributed by atoms with E-state index in [-0.39, 0.29) is 5.91 Å². The molecule has 0 saturated carbocycles. The fourth-order valence-corrected chi connectivity index (χ4v) is 1.19. The third kappa shape index (κ3) is 4.52. The van der Waals surface area contributed by atoms with Crippen LogP contribution in [0.5, 0.6) is 5.75 Å². The molecule has 1 N–H and O–H groups in total. The number of halogens is 1. The zero-order chi connectivity index (χ0) is 14.6. The van der Waals surface area contributed by atoms with E-state index in [1.54, 1.807) is 45.0 Å². The summed E-state index contributed by atoms with van der Waals surface area (Å²) in [5, 5.41) is 2.64. The maximum Gasteiger partial charge on any atom is 0.327 e. The fraction of sp³-hybridized carbons (Fsp3) is 0.286. The van der Waals surface area contributed by atoms with Gasteiger partial charge in [-0.2, -0.15) is 0 Å². The van der Waals surface area contributed by atoms with Crippen LogP contribution in [0.1, 0.15) is 20.8 Å². The zero-order valence-electron chi connectivity index (χ0n) is 11.1. The van der Waals surface area contributed by atoms with Crippen molar-refractivity contribution >= 4 is 33.5 Å². The summed E-state index contributed by atoms with van der Waals surface area (Å²) in [6, 6.07) is 6.74. The Kier molecular flexibility index (Phi) is 4.89. The van der Waals surface area contributed by atoms with E-state index < -0.39 is 10.3 Å². The highest BCUT2D eigenvalue weighted by Gasteiger charge is 2.26. The third-order valence-electron chi connectivity index (χ3n) is 2.21. The second-order valence-electron chi connectivity index (χ2n) is 4.59. The highest BCUT2D eigenvalue weighted by Crippen LogP contribution is 2.27. The second kappa shape index (κ2) is 6.02. The molecule has 19 heavy (non-hydrogen) atoms. The summed E-state index contributed by atoms with van der Waals surface area (Å²) in [6.07, 6.45) is 0. The summed E-state index contributed by atoms with van der Waals surface area (Å²) in [4.78, 5) is 23.4. The van der Waals surface area contributed by atoms with E-state index >= 15 is 0 Å². The number of hydrogen-bond acceptors (Lipinski definition) is 3. The van der Waals surface area contributed by atoms with Crippen LogP contribution in [0.15, 0.2) is 36.4 Å². The first-order valence-corrected chi connectivity index (χ1v) is 6.48.